The molecule has 208 valence electrons. The minimum atomic E-state index is -1.21. The Balaban J connectivity index is 1.29. The van der Waals surface area contributed by atoms with Crippen molar-refractivity contribution >= 4 is 41.3 Å². The Labute approximate surface area is 227 Å². The molecule has 3 fully saturated rings. The zero-order valence-corrected chi connectivity index (χ0v) is 21.8. The fourth-order valence-corrected chi connectivity index (χ4v) is 7.44. The quantitative estimate of drug-likeness (QED) is 0.239. The van der Waals surface area contributed by atoms with Crippen LogP contribution >= 0.6 is 11.8 Å². The van der Waals surface area contributed by atoms with Crippen LogP contribution in [0.15, 0.2) is 34.9 Å². The molecular weight excluding hydrogens is 532 g/mol. The van der Waals surface area contributed by atoms with Crippen molar-refractivity contribution in [3.8, 4) is 0 Å². The van der Waals surface area contributed by atoms with Gasteiger partial charge < -0.3 is 30.1 Å². The summed E-state index contributed by atoms with van der Waals surface area (Å²) in [4.78, 5) is 63.4. The number of nitro groups is 1. The average molecular weight is 561 g/mol. The van der Waals surface area contributed by atoms with E-state index < -0.39 is 41.0 Å². The molecule has 0 aliphatic carbocycles. The molecule has 1 unspecified atom stereocenters. The van der Waals surface area contributed by atoms with Crippen molar-refractivity contribution in [2.75, 3.05) is 13.1 Å². The molecule has 13 nitrogen and oxygen atoms in total. The van der Waals surface area contributed by atoms with Gasteiger partial charge in [-0.1, -0.05) is 0 Å². The van der Waals surface area contributed by atoms with Crippen LogP contribution in [0.5, 0.6) is 0 Å². The number of nitrogens with zero attached hydrogens (tertiary/aromatic N) is 3. The molecule has 3 saturated heterocycles. The van der Waals surface area contributed by atoms with E-state index in [2.05, 4.69) is 5.32 Å². The van der Waals surface area contributed by atoms with Gasteiger partial charge in [0.05, 0.1) is 23.0 Å². The summed E-state index contributed by atoms with van der Waals surface area (Å²) in [5, 5.41) is 33.3. The Morgan fingerprint density at radius 3 is 2.54 bits per heavy atom. The van der Waals surface area contributed by atoms with Gasteiger partial charge in [-0.3, -0.25) is 19.7 Å². The van der Waals surface area contributed by atoms with Crippen LogP contribution in [0.3, 0.4) is 0 Å². The van der Waals surface area contributed by atoms with E-state index in [1.165, 1.54) is 47.9 Å². The van der Waals surface area contributed by atoms with E-state index in [1.807, 2.05) is 0 Å². The number of thioether (sulfide) groups is 1. The first-order valence-electron chi connectivity index (χ1n) is 12.6. The van der Waals surface area contributed by atoms with Crippen LogP contribution in [0.4, 0.5) is 10.5 Å². The van der Waals surface area contributed by atoms with Crippen molar-refractivity contribution in [1.82, 2.24) is 15.1 Å². The second kappa shape index (κ2) is 10.5. The van der Waals surface area contributed by atoms with Crippen LogP contribution in [0.2, 0.25) is 0 Å². The number of carbonyl (C=O) groups is 4. The number of aliphatic carboxylic acids is 1. The van der Waals surface area contributed by atoms with Gasteiger partial charge in [0.1, 0.15) is 12.3 Å². The average Bonchev–Trinajstić information content (AvgIpc) is 3.58. The van der Waals surface area contributed by atoms with Gasteiger partial charge in [-0.25, -0.2) is 9.59 Å². The lowest BCUT2D eigenvalue weighted by Gasteiger charge is -2.44. The number of carboxylic acids is 1. The van der Waals surface area contributed by atoms with E-state index in [-0.39, 0.29) is 54.1 Å². The molecule has 0 aromatic heterocycles. The van der Waals surface area contributed by atoms with E-state index in [9.17, 15) is 39.5 Å². The van der Waals surface area contributed by atoms with Gasteiger partial charge >= 0.3 is 12.1 Å². The highest BCUT2D eigenvalue weighted by Crippen LogP contribution is 2.49. The molecule has 0 bridgehead atoms. The molecule has 1 aromatic rings. The second-order valence-corrected chi connectivity index (χ2v) is 11.7. The minimum absolute atomic E-state index is 0.0691. The number of carboxylic acid groups (broad SMARTS) is 1. The first-order valence-corrected chi connectivity index (χ1v) is 13.5. The number of aliphatic hydroxyl groups excluding tert-OH is 1. The molecular formula is C25H28N4O9S. The van der Waals surface area contributed by atoms with E-state index in [1.54, 1.807) is 4.90 Å². The fourth-order valence-electron chi connectivity index (χ4n) is 5.95. The summed E-state index contributed by atoms with van der Waals surface area (Å²) in [7, 11) is 0. The third-order valence-electron chi connectivity index (χ3n) is 7.80. The van der Waals surface area contributed by atoms with Crippen LogP contribution in [0, 0.1) is 22.0 Å². The maximum atomic E-state index is 13.2. The fraction of sp³-hybridized carbons (Fsp3) is 0.520. The molecule has 1 aromatic carbocycles. The highest BCUT2D eigenvalue weighted by molar-refractivity contribution is 8.03. The van der Waals surface area contributed by atoms with Crippen molar-refractivity contribution in [3.63, 3.8) is 0 Å². The lowest BCUT2D eigenvalue weighted by Crippen LogP contribution is -2.61. The van der Waals surface area contributed by atoms with E-state index in [0.29, 0.717) is 29.9 Å². The van der Waals surface area contributed by atoms with Gasteiger partial charge in [-0.15, -0.1) is 11.8 Å². The highest BCUT2D eigenvalue weighted by atomic mass is 32.2. The Hall–Kier alpha value is -3.65. The molecule has 3 amide bonds. The molecule has 4 aliphatic heterocycles. The lowest BCUT2D eigenvalue weighted by atomic mass is 9.83. The molecule has 14 heteroatoms. The number of ether oxygens (including phenoxy) is 1. The summed E-state index contributed by atoms with van der Waals surface area (Å²) in [5.41, 5.74) is 0.439. The van der Waals surface area contributed by atoms with Crippen LogP contribution < -0.4 is 5.32 Å². The second-order valence-electron chi connectivity index (χ2n) is 10.3. The van der Waals surface area contributed by atoms with Gasteiger partial charge in [0.2, 0.25) is 11.8 Å². The molecule has 0 radical (unpaired) electrons. The van der Waals surface area contributed by atoms with Crippen LogP contribution in [0.25, 0.3) is 0 Å². The number of rotatable bonds is 8. The molecule has 5 rings (SSSR count). The molecule has 4 heterocycles. The SMILES string of the molecule is C[C@@H](O)[C@H]1C(=O)N2C(C(=O)O)=C(S[C@H]3C[C@@H](C4CNC(=O)C4)N(C(=O)OCc4ccc([N+](=O)[O-])cc4)C3)C[C@H]12. The third-order valence-corrected chi connectivity index (χ3v) is 9.12. The van der Waals surface area contributed by atoms with Crippen LogP contribution in [-0.2, 0) is 25.7 Å². The number of aliphatic hydroxyl groups is 1. The first kappa shape index (κ1) is 26.9. The molecule has 6 atom stereocenters. The number of benzene rings is 1. The van der Waals surface area contributed by atoms with Crippen molar-refractivity contribution in [3.05, 3.63) is 50.5 Å². The number of fused-ring (bicyclic) bond motifs is 1. The summed E-state index contributed by atoms with van der Waals surface area (Å²) >= 11 is 1.32. The van der Waals surface area contributed by atoms with Crippen LogP contribution in [-0.4, -0.2) is 85.3 Å². The molecule has 0 spiro atoms. The number of nitro benzene ring substituents is 1. The number of β-lactam (4-membered cyclic amide) rings is 1. The van der Waals surface area contributed by atoms with Gasteiger partial charge in [-0.05, 0) is 31.0 Å². The Bertz CT molecular complexity index is 1250. The third kappa shape index (κ3) is 5.05. The van der Waals surface area contributed by atoms with Crippen molar-refractivity contribution in [2.45, 2.75) is 56.2 Å². The molecule has 4 aliphatic rings. The van der Waals surface area contributed by atoms with Gasteiger partial charge in [-0.2, -0.15) is 0 Å². The number of amides is 3. The summed E-state index contributed by atoms with van der Waals surface area (Å²) in [6.45, 7) is 2.10. The summed E-state index contributed by atoms with van der Waals surface area (Å²) < 4.78 is 5.52. The van der Waals surface area contributed by atoms with Gasteiger partial charge in [0.15, 0.2) is 0 Å². The van der Waals surface area contributed by atoms with Crippen molar-refractivity contribution in [1.29, 1.82) is 0 Å². The number of hydrogen-bond acceptors (Lipinski definition) is 9. The van der Waals surface area contributed by atoms with E-state index >= 15 is 0 Å². The maximum absolute atomic E-state index is 13.2. The van der Waals surface area contributed by atoms with E-state index in [0.717, 1.165) is 0 Å². The molecule has 39 heavy (non-hydrogen) atoms. The first-order chi connectivity index (χ1) is 18.5. The van der Waals surface area contributed by atoms with E-state index in [4.69, 9.17) is 4.74 Å². The molecule has 0 saturated carbocycles. The number of nitrogens with one attached hydrogen (secondary N) is 1. The molecule has 3 N–H and O–H groups in total. The zero-order valence-electron chi connectivity index (χ0n) is 21.0. The number of carbonyl (C=O) groups excluding carboxylic acids is 3. The number of likely N-dealkylation sites (tertiary alicyclic amines) is 1. The Morgan fingerprint density at radius 1 is 1.23 bits per heavy atom. The predicted molar refractivity (Wildman–Crippen MR) is 136 cm³/mol. The minimum Gasteiger partial charge on any atom is -0.477 e. The smallest absolute Gasteiger partial charge is 0.410 e. The zero-order chi connectivity index (χ0) is 28.0. The standard InChI is InChI=1S/C25H28N4O9S/c1-12(30)21-18-8-19(22(24(33)34)28(18)23(21)32)39-16-7-17(14-6-20(31)26-9-14)27(10-16)25(35)38-11-13-2-4-15(5-3-13)29(36)37/h2-5,12,14,16-18,21,30H,6-11H2,1H3,(H,26,31)(H,33,34)/t12-,14?,16+,17+,18-,21-/m1/s1. The number of non-ortho nitro benzene ring substituents is 1. The summed E-state index contributed by atoms with van der Waals surface area (Å²) in [6, 6.07) is 4.96. The Morgan fingerprint density at radius 2 is 1.95 bits per heavy atom. The normalized spacial score (nSPS) is 28.7. The van der Waals surface area contributed by atoms with Crippen molar-refractivity contribution in [2.24, 2.45) is 11.8 Å². The highest BCUT2D eigenvalue weighted by Gasteiger charge is 2.57. The number of hydrogen-bond donors (Lipinski definition) is 3. The summed E-state index contributed by atoms with van der Waals surface area (Å²) in [6.07, 6.45) is -0.387. The van der Waals surface area contributed by atoms with Crippen molar-refractivity contribution < 1.29 is 39.1 Å². The van der Waals surface area contributed by atoms with Gasteiger partial charge in [0, 0.05) is 60.2 Å². The predicted octanol–water partition coefficient (Wildman–Crippen LogP) is 1.45. The Kier molecular flexibility index (Phi) is 7.25. The van der Waals surface area contributed by atoms with Gasteiger partial charge in [0.25, 0.3) is 5.69 Å². The lowest BCUT2D eigenvalue weighted by molar-refractivity contribution is -0.384. The topological polar surface area (TPSA) is 180 Å². The van der Waals surface area contributed by atoms with Crippen LogP contribution in [0.1, 0.15) is 31.7 Å². The largest absolute Gasteiger partial charge is 0.477 e. The monoisotopic (exact) mass is 560 g/mol. The summed E-state index contributed by atoms with van der Waals surface area (Å²) in [5.74, 6) is -2.49. The maximum Gasteiger partial charge on any atom is 0.410 e.